The van der Waals surface area contributed by atoms with Crippen LogP contribution in [0.3, 0.4) is 0 Å². The molecule has 3 aromatic heterocycles. The largest absolute Gasteiger partial charge is 0.298 e. The van der Waals surface area contributed by atoms with E-state index in [9.17, 15) is 4.79 Å². The van der Waals surface area contributed by atoms with E-state index in [1.54, 1.807) is 28.7 Å². The molecular weight excluding hydrogens is 346 g/mol. The maximum Gasteiger partial charge on any atom is 0.250 e. The molecule has 0 unspecified atom stereocenters. The first-order valence-corrected chi connectivity index (χ1v) is 9.53. The summed E-state index contributed by atoms with van der Waals surface area (Å²) < 4.78 is 0. The van der Waals surface area contributed by atoms with Crippen LogP contribution in [0, 0.1) is 20.8 Å². The minimum atomic E-state index is -0.199. The summed E-state index contributed by atoms with van der Waals surface area (Å²) in [5.41, 5.74) is 2.84. The molecule has 0 spiro atoms. The molecule has 1 amide bonds. The van der Waals surface area contributed by atoms with Crippen molar-refractivity contribution in [2.45, 2.75) is 20.8 Å². The van der Waals surface area contributed by atoms with Crippen molar-refractivity contribution in [1.29, 1.82) is 0 Å². The van der Waals surface area contributed by atoms with Gasteiger partial charge in [0.1, 0.15) is 0 Å². The van der Waals surface area contributed by atoms with Crippen molar-refractivity contribution >= 4 is 51.1 Å². The molecule has 0 aromatic carbocycles. The lowest BCUT2D eigenvalue weighted by molar-refractivity contribution is -0.111. The average Bonchev–Trinajstić information content (AvgIpc) is 3.18. The molecule has 0 radical (unpaired) electrons. The summed E-state index contributed by atoms with van der Waals surface area (Å²) in [4.78, 5) is 23.2. The van der Waals surface area contributed by atoms with Crippen LogP contribution in [0.2, 0.25) is 0 Å². The van der Waals surface area contributed by atoms with Crippen molar-refractivity contribution in [3.8, 4) is 11.3 Å². The third-order valence-corrected chi connectivity index (χ3v) is 5.61. The minimum absolute atomic E-state index is 0.199. The molecule has 0 fully saturated rings. The van der Waals surface area contributed by atoms with Crippen molar-refractivity contribution in [1.82, 2.24) is 9.97 Å². The fourth-order valence-electron chi connectivity index (χ4n) is 2.10. The monoisotopic (exact) mass is 361 g/mol. The maximum atomic E-state index is 12.0. The first-order valence-electron chi connectivity index (χ1n) is 6.95. The number of aromatic nitrogens is 2. The number of nitrogens with one attached hydrogen (secondary N) is 1. The lowest BCUT2D eigenvalue weighted by Crippen LogP contribution is -2.07. The summed E-state index contributed by atoms with van der Waals surface area (Å²) in [6.07, 6.45) is 3.19. The van der Waals surface area contributed by atoms with Crippen molar-refractivity contribution in [2.24, 2.45) is 0 Å². The quantitative estimate of drug-likeness (QED) is 0.672. The molecule has 23 heavy (non-hydrogen) atoms. The number of thiophene rings is 1. The lowest BCUT2D eigenvalue weighted by atomic mass is 10.2. The van der Waals surface area contributed by atoms with Gasteiger partial charge in [-0.15, -0.1) is 34.0 Å². The summed E-state index contributed by atoms with van der Waals surface area (Å²) in [5, 5.41) is 8.27. The topological polar surface area (TPSA) is 54.9 Å². The Morgan fingerprint density at radius 2 is 2.00 bits per heavy atom. The number of aryl methyl sites for hydroxylation is 3. The van der Waals surface area contributed by atoms with Crippen LogP contribution in [-0.4, -0.2) is 15.9 Å². The van der Waals surface area contributed by atoms with E-state index in [1.807, 2.05) is 17.7 Å². The normalized spacial score (nSPS) is 11.3. The Labute approximate surface area is 146 Å². The van der Waals surface area contributed by atoms with Gasteiger partial charge in [0.2, 0.25) is 5.91 Å². The summed E-state index contributed by atoms with van der Waals surface area (Å²) in [6, 6.07) is 2.13. The summed E-state index contributed by atoms with van der Waals surface area (Å²) >= 11 is 4.75. The van der Waals surface area contributed by atoms with Crippen LogP contribution in [0.1, 0.15) is 20.5 Å². The number of hydrogen-bond acceptors (Lipinski definition) is 6. The molecule has 0 aliphatic heterocycles. The van der Waals surface area contributed by atoms with Gasteiger partial charge >= 0.3 is 0 Å². The number of carbonyl (C=O) groups is 1. The van der Waals surface area contributed by atoms with Gasteiger partial charge in [-0.1, -0.05) is 0 Å². The number of carbonyl (C=O) groups excluding carboxylic acids is 1. The highest BCUT2D eigenvalue weighted by atomic mass is 32.1. The standard InChI is InChI=1S/C16H15N3OS3/c1-9-6-13(10(2)23-9)14-8-22-16(18-14)19-15(20)5-4-12-7-21-11(3)17-12/h4-8H,1-3H3,(H,18,19,20)/b5-4+. The Kier molecular flexibility index (Phi) is 4.70. The first-order chi connectivity index (χ1) is 11.0. The van der Waals surface area contributed by atoms with Gasteiger partial charge in [-0.3, -0.25) is 10.1 Å². The highest BCUT2D eigenvalue weighted by Gasteiger charge is 2.10. The van der Waals surface area contributed by atoms with Crippen LogP contribution in [0.25, 0.3) is 17.3 Å². The number of anilines is 1. The van der Waals surface area contributed by atoms with E-state index >= 15 is 0 Å². The molecule has 1 N–H and O–H groups in total. The third-order valence-electron chi connectivity index (χ3n) is 3.09. The van der Waals surface area contributed by atoms with Crippen LogP contribution in [0.15, 0.2) is 22.9 Å². The van der Waals surface area contributed by atoms with Gasteiger partial charge in [0, 0.05) is 32.2 Å². The fraction of sp³-hybridized carbons (Fsp3) is 0.188. The summed E-state index contributed by atoms with van der Waals surface area (Å²) in [6.45, 7) is 6.11. The van der Waals surface area contributed by atoms with E-state index in [-0.39, 0.29) is 5.91 Å². The molecule has 4 nitrogen and oxygen atoms in total. The summed E-state index contributed by atoms with van der Waals surface area (Å²) in [7, 11) is 0. The maximum absolute atomic E-state index is 12.0. The highest BCUT2D eigenvalue weighted by molar-refractivity contribution is 7.14. The number of amides is 1. The average molecular weight is 362 g/mol. The third kappa shape index (κ3) is 3.93. The van der Waals surface area contributed by atoms with Gasteiger partial charge in [0.15, 0.2) is 5.13 Å². The molecule has 0 atom stereocenters. The summed E-state index contributed by atoms with van der Waals surface area (Å²) in [5.74, 6) is -0.199. The van der Waals surface area contributed by atoms with Crippen molar-refractivity contribution in [2.75, 3.05) is 5.32 Å². The molecule has 3 rings (SSSR count). The van der Waals surface area contributed by atoms with Gasteiger partial charge in [0.25, 0.3) is 0 Å². The Bertz CT molecular complexity index is 873. The van der Waals surface area contributed by atoms with Crippen molar-refractivity contribution < 1.29 is 4.79 Å². The number of thiazole rings is 2. The second-order valence-electron chi connectivity index (χ2n) is 4.98. The molecule has 7 heteroatoms. The zero-order valence-corrected chi connectivity index (χ0v) is 15.4. The molecule has 0 saturated heterocycles. The van der Waals surface area contributed by atoms with E-state index < -0.39 is 0 Å². The van der Waals surface area contributed by atoms with E-state index in [4.69, 9.17) is 0 Å². The molecule has 118 valence electrons. The lowest BCUT2D eigenvalue weighted by Gasteiger charge is -1.96. The van der Waals surface area contributed by atoms with E-state index in [2.05, 4.69) is 35.2 Å². The van der Waals surface area contributed by atoms with Gasteiger partial charge in [-0.2, -0.15) is 0 Å². The minimum Gasteiger partial charge on any atom is -0.298 e. The molecule has 0 aliphatic rings. The SMILES string of the molecule is Cc1cc(-c2csc(NC(=O)/C=C/c3csc(C)n3)n2)c(C)s1. The predicted octanol–water partition coefficient (Wildman–Crippen LogP) is 4.91. The van der Waals surface area contributed by atoms with E-state index in [1.165, 1.54) is 27.2 Å². The van der Waals surface area contributed by atoms with Crippen molar-refractivity contribution in [3.63, 3.8) is 0 Å². The highest BCUT2D eigenvalue weighted by Crippen LogP contribution is 2.32. The van der Waals surface area contributed by atoms with Crippen LogP contribution in [0.5, 0.6) is 0 Å². The number of rotatable bonds is 4. The Morgan fingerprint density at radius 1 is 1.17 bits per heavy atom. The van der Waals surface area contributed by atoms with Crippen LogP contribution >= 0.6 is 34.0 Å². The first kappa shape index (κ1) is 16.0. The van der Waals surface area contributed by atoms with Crippen LogP contribution < -0.4 is 5.32 Å². The van der Waals surface area contributed by atoms with Gasteiger partial charge < -0.3 is 0 Å². The van der Waals surface area contributed by atoms with Crippen LogP contribution in [-0.2, 0) is 4.79 Å². The fourth-order valence-corrected chi connectivity index (χ4v) is 4.33. The van der Waals surface area contributed by atoms with Gasteiger partial charge in [0.05, 0.1) is 16.4 Å². The number of hydrogen-bond donors (Lipinski definition) is 1. The molecule has 0 saturated carbocycles. The van der Waals surface area contributed by atoms with Gasteiger partial charge in [-0.25, -0.2) is 9.97 Å². The zero-order valence-electron chi connectivity index (χ0n) is 12.9. The van der Waals surface area contributed by atoms with Crippen LogP contribution in [0.4, 0.5) is 5.13 Å². The second-order valence-corrected chi connectivity index (χ2v) is 8.36. The second kappa shape index (κ2) is 6.74. The van der Waals surface area contributed by atoms with Crippen molar-refractivity contribution in [3.05, 3.63) is 43.4 Å². The molecule has 0 aliphatic carbocycles. The molecule has 3 heterocycles. The van der Waals surface area contributed by atoms with E-state index in [0.717, 1.165) is 22.0 Å². The molecular formula is C16H15N3OS3. The van der Waals surface area contributed by atoms with E-state index in [0.29, 0.717) is 5.13 Å². The zero-order chi connectivity index (χ0) is 16.4. The predicted molar refractivity (Wildman–Crippen MR) is 99.4 cm³/mol. The molecule has 0 bridgehead atoms. The Hall–Kier alpha value is -1.83. The van der Waals surface area contributed by atoms with Gasteiger partial charge in [-0.05, 0) is 32.9 Å². The molecule has 3 aromatic rings. The Morgan fingerprint density at radius 3 is 2.65 bits per heavy atom. The Balaban J connectivity index is 1.68. The number of nitrogens with zero attached hydrogens (tertiary/aromatic N) is 2. The smallest absolute Gasteiger partial charge is 0.250 e.